The average Bonchev–Trinajstić information content (AvgIpc) is 3.05. The van der Waals surface area contributed by atoms with Gasteiger partial charge in [0.1, 0.15) is 0 Å². The quantitative estimate of drug-likeness (QED) is 0.714. The molecule has 0 aromatic heterocycles. The number of hydrogen-bond donors (Lipinski definition) is 1. The second-order valence-corrected chi connectivity index (χ2v) is 6.38. The number of rotatable bonds is 8. The fraction of sp³-hybridized carbons (Fsp3) is 1.00. The van der Waals surface area contributed by atoms with Crippen molar-refractivity contribution in [2.45, 2.75) is 43.9 Å². The molecule has 0 aromatic rings. The molecule has 0 amide bonds. The van der Waals surface area contributed by atoms with Gasteiger partial charge in [0.25, 0.3) is 0 Å². The van der Waals surface area contributed by atoms with Gasteiger partial charge in [0, 0.05) is 31.4 Å². The Hall–Kier alpha value is 0.230. The summed E-state index contributed by atoms with van der Waals surface area (Å²) in [5, 5.41) is 3.56. The van der Waals surface area contributed by atoms with Gasteiger partial charge in [-0.15, -0.1) is 0 Å². The van der Waals surface area contributed by atoms with E-state index in [0.29, 0.717) is 12.2 Å². The minimum absolute atomic E-state index is 0.466. The zero-order chi connectivity index (χ0) is 12.1. The molecular formula is C13H26N2OS. The molecule has 2 unspecified atom stereocenters. The first-order valence-corrected chi connectivity index (χ1v) is 8.23. The van der Waals surface area contributed by atoms with Crippen molar-refractivity contribution in [3.63, 3.8) is 0 Å². The smallest absolute Gasteiger partial charge is 0.0707 e. The molecule has 1 saturated heterocycles. The van der Waals surface area contributed by atoms with Crippen LogP contribution in [0.2, 0.25) is 0 Å². The van der Waals surface area contributed by atoms with Crippen molar-refractivity contribution < 1.29 is 4.74 Å². The van der Waals surface area contributed by atoms with Crippen LogP contribution in [0, 0.1) is 0 Å². The van der Waals surface area contributed by atoms with Crippen molar-refractivity contribution in [3.05, 3.63) is 0 Å². The molecule has 2 atom stereocenters. The van der Waals surface area contributed by atoms with E-state index in [4.69, 9.17) is 4.74 Å². The lowest BCUT2D eigenvalue weighted by atomic mass is 10.2. The molecule has 2 rings (SSSR count). The van der Waals surface area contributed by atoms with Crippen molar-refractivity contribution in [2.24, 2.45) is 0 Å². The van der Waals surface area contributed by atoms with Crippen LogP contribution < -0.4 is 5.32 Å². The van der Waals surface area contributed by atoms with Gasteiger partial charge in [0.15, 0.2) is 0 Å². The van der Waals surface area contributed by atoms with Crippen molar-refractivity contribution in [3.8, 4) is 0 Å². The summed E-state index contributed by atoms with van der Waals surface area (Å²) in [6, 6.07) is 0.807. The van der Waals surface area contributed by atoms with Crippen LogP contribution in [-0.2, 0) is 4.74 Å². The topological polar surface area (TPSA) is 24.5 Å². The van der Waals surface area contributed by atoms with E-state index in [2.05, 4.69) is 23.5 Å². The molecule has 0 radical (unpaired) electrons. The Kier molecular flexibility index (Phi) is 5.60. The van der Waals surface area contributed by atoms with Crippen molar-refractivity contribution in [1.82, 2.24) is 10.2 Å². The lowest BCUT2D eigenvalue weighted by Crippen LogP contribution is -2.33. The molecule has 17 heavy (non-hydrogen) atoms. The van der Waals surface area contributed by atoms with E-state index in [9.17, 15) is 0 Å². The lowest BCUT2D eigenvalue weighted by molar-refractivity contribution is 0.0287. The zero-order valence-electron chi connectivity index (χ0n) is 11.2. The number of hydrogen-bond acceptors (Lipinski definition) is 4. The first kappa shape index (κ1) is 13.7. The second-order valence-electron chi connectivity index (χ2n) is 5.40. The van der Waals surface area contributed by atoms with Crippen LogP contribution in [0.1, 0.15) is 25.7 Å². The number of nitrogens with zero attached hydrogens (tertiary/aromatic N) is 1. The molecule has 1 aliphatic heterocycles. The standard InChI is InChI=1S/C13H26N2OS/c1-15(7-8-17-2)10-13-6-5-12(16-13)9-14-11-3-4-11/h11-14H,3-10H2,1-2H3. The van der Waals surface area contributed by atoms with E-state index in [-0.39, 0.29) is 0 Å². The van der Waals surface area contributed by atoms with Crippen LogP contribution in [0.4, 0.5) is 0 Å². The summed E-state index contributed by atoms with van der Waals surface area (Å²) in [6.07, 6.45) is 8.31. The van der Waals surface area contributed by atoms with E-state index >= 15 is 0 Å². The summed E-state index contributed by atoms with van der Waals surface area (Å²) in [5.74, 6) is 1.22. The third kappa shape index (κ3) is 5.16. The molecule has 1 heterocycles. The predicted molar refractivity (Wildman–Crippen MR) is 74.8 cm³/mol. The van der Waals surface area contributed by atoms with Crippen LogP contribution in [0.3, 0.4) is 0 Å². The van der Waals surface area contributed by atoms with Crippen LogP contribution >= 0.6 is 11.8 Å². The Morgan fingerprint density at radius 1 is 1.24 bits per heavy atom. The molecule has 4 heteroatoms. The van der Waals surface area contributed by atoms with Crippen LogP contribution in [0.25, 0.3) is 0 Å². The van der Waals surface area contributed by atoms with Gasteiger partial charge in [-0.2, -0.15) is 11.8 Å². The van der Waals surface area contributed by atoms with Gasteiger partial charge in [0.2, 0.25) is 0 Å². The van der Waals surface area contributed by atoms with E-state index < -0.39 is 0 Å². The van der Waals surface area contributed by atoms with Gasteiger partial charge in [0.05, 0.1) is 12.2 Å². The van der Waals surface area contributed by atoms with E-state index in [1.54, 1.807) is 0 Å². The van der Waals surface area contributed by atoms with Crippen molar-refractivity contribution in [1.29, 1.82) is 0 Å². The molecule has 2 aliphatic rings. The third-order valence-corrected chi connectivity index (χ3v) is 4.19. The van der Waals surface area contributed by atoms with E-state index in [1.165, 1.54) is 38.0 Å². The van der Waals surface area contributed by atoms with Gasteiger partial charge < -0.3 is 15.0 Å². The highest BCUT2D eigenvalue weighted by Gasteiger charge is 2.28. The molecule has 0 aromatic carbocycles. The summed E-state index contributed by atoms with van der Waals surface area (Å²) in [6.45, 7) is 3.34. The number of likely N-dealkylation sites (N-methyl/N-ethyl adjacent to an activating group) is 1. The molecule has 3 nitrogen and oxygen atoms in total. The maximum Gasteiger partial charge on any atom is 0.0707 e. The molecule has 0 bridgehead atoms. The molecule has 2 fully saturated rings. The zero-order valence-corrected chi connectivity index (χ0v) is 12.0. The Labute approximate surface area is 110 Å². The van der Waals surface area contributed by atoms with Gasteiger partial charge in [-0.25, -0.2) is 0 Å². The maximum absolute atomic E-state index is 6.08. The summed E-state index contributed by atoms with van der Waals surface area (Å²) < 4.78 is 6.08. The van der Waals surface area contributed by atoms with Gasteiger partial charge in [-0.3, -0.25) is 0 Å². The minimum atomic E-state index is 0.466. The molecule has 0 spiro atoms. The summed E-state index contributed by atoms with van der Waals surface area (Å²) in [5.41, 5.74) is 0. The fourth-order valence-corrected chi connectivity index (χ4v) is 2.83. The second kappa shape index (κ2) is 6.98. The fourth-order valence-electron chi connectivity index (χ4n) is 2.34. The van der Waals surface area contributed by atoms with Crippen molar-refractivity contribution >= 4 is 11.8 Å². The van der Waals surface area contributed by atoms with Gasteiger partial charge in [-0.05, 0) is 39.0 Å². The first-order valence-electron chi connectivity index (χ1n) is 6.84. The lowest BCUT2D eigenvalue weighted by Gasteiger charge is -2.21. The van der Waals surface area contributed by atoms with Crippen LogP contribution in [0.15, 0.2) is 0 Å². The third-order valence-electron chi connectivity index (χ3n) is 3.60. The Morgan fingerprint density at radius 2 is 2.00 bits per heavy atom. The molecular weight excluding hydrogens is 232 g/mol. The highest BCUT2D eigenvalue weighted by Crippen LogP contribution is 2.22. The highest BCUT2D eigenvalue weighted by molar-refractivity contribution is 7.98. The van der Waals surface area contributed by atoms with E-state index in [0.717, 1.165) is 19.1 Å². The van der Waals surface area contributed by atoms with Crippen LogP contribution in [0.5, 0.6) is 0 Å². The SMILES string of the molecule is CSCCN(C)CC1CCC(CNC2CC2)O1. The van der Waals surface area contributed by atoms with Gasteiger partial charge in [-0.1, -0.05) is 0 Å². The Balaban J connectivity index is 1.56. The summed E-state index contributed by atoms with van der Waals surface area (Å²) >= 11 is 1.91. The molecule has 1 aliphatic carbocycles. The van der Waals surface area contributed by atoms with Gasteiger partial charge >= 0.3 is 0 Å². The summed E-state index contributed by atoms with van der Waals surface area (Å²) in [4.78, 5) is 2.40. The Bertz CT molecular complexity index is 223. The molecule has 1 saturated carbocycles. The normalized spacial score (nSPS) is 29.1. The Morgan fingerprint density at radius 3 is 2.71 bits per heavy atom. The monoisotopic (exact) mass is 258 g/mol. The molecule has 1 N–H and O–H groups in total. The van der Waals surface area contributed by atoms with Crippen LogP contribution in [-0.4, -0.2) is 61.8 Å². The first-order chi connectivity index (χ1) is 8.28. The maximum atomic E-state index is 6.08. The number of nitrogens with one attached hydrogen (secondary N) is 1. The largest absolute Gasteiger partial charge is 0.372 e. The predicted octanol–water partition coefficient (Wildman–Crippen LogP) is 1.58. The minimum Gasteiger partial charge on any atom is -0.372 e. The van der Waals surface area contributed by atoms with E-state index in [1.807, 2.05) is 11.8 Å². The number of thioether (sulfide) groups is 1. The summed E-state index contributed by atoms with van der Waals surface area (Å²) in [7, 11) is 2.20. The number of ether oxygens (including phenoxy) is 1. The van der Waals surface area contributed by atoms with Crippen molar-refractivity contribution in [2.75, 3.05) is 38.7 Å². The highest BCUT2D eigenvalue weighted by atomic mass is 32.2. The average molecular weight is 258 g/mol. The molecule has 100 valence electrons.